The van der Waals surface area contributed by atoms with Gasteiger partial charge in [0.2, 0.25) is 5.76 Å². The number of hydrogen-bond acceptors (Lipinski definition) is 4. The van der Waals surface area contributed by atoms with Crippen molar-refractivity contribution in [2.45, 2.75) is 52.5 Å². The van der Waals surface area contributed by atoms with Crippen LogP contribution in [-0.4, -0.2) is 27.7 Å². The van der Waals surface area contributed by atoms with Crippen LogP contribution in [0.4, 0.5) is 0 Å². The number of carboxylic acids is 1. The SMILES string of the molecule is CC(C)c1cc(C(=O)NC(C)(CC(=O)O)C(C)C)on1. The van der Waals surface area contributed by atoms with Gasteiger partial charge in [0.05, 0.1) is 17.7 Å². The molecule has 0 spiro atoms. The quantitative estimate of drug-likeness (QED) is 0.835. The summed E-state index contributed by atoms with van der Waals surface area (Å²) in [5.41, 5.74) is -0.145. The van der Waals surface area contributed by atoms with Crippen LogP contribution in [0.25, 0.3) is 0 Å². The van der Waals surface area contributed by atoms with Crippen LogP contribution in [0.1, 0.15) is 63.2 Å². The maximum Gasteiger partial charge on any atom is 0.305 e. The number of aliphatic carboxylic acids is 1. The molecule has 1 amide bonds. The van der Waals surface area contributed by atoms with Crippen LogP contribution < -0.4 is 5.32 Å². The number of aromatic nitrogens is 1. The molecule has 6 nitrogen and oxygen atoms in total. The first-order valence-corrected chi connectivity index (χ1v) is 6.66. The lowest BCUT2D eigenvalue weighted by molar-refractivity contribution is -0.138. The second-order valence-electron chi connectivity index (χ2n) is 5.87. The van der Waals surface area contributed by atoms with Gasteiger partial charge in [-0.25, -0.2) is 0 Å². The maximum atomic E-state index is 12.1. The fourth-order valence-electron chi connectivity index (χ4n) is 1.70. The van der Waals surface area contributed by atoms with E-state index in [1.165, 1.54) is 0 Å². The molecule has 1 aromatic rings. The lowest BCUT2D eigenvalue weighted by atomic mass is 9.85. The molecule has 1 rings (SSSR count). The van der Waals surface area contributed by atoms with Crippen LogP contribution in [0.3, 0.4) is 0 Å². The molecule has 1 aromatic heterocycles. The molecule has 0 aromatic carbocycles. The van der Waals surface area contributed by atoms with Gasteiger partial charge in [-0.05, 0) is 18.8 Å². The number of carbonyl (C=O) groups is 2. The maximum absolute atomic E-state index is 12.1. The molecule has 0 saturated carbocycles. The lowest BCUT2D eigenvalue weighted by Gasteiger charge is -2.32. The molecule has 2 N–H and O–H groups in total. The highest BCUT2D eigenvalue weighted by molar-refractivity contribution is 5.92. The lowest BCUT2D eigenvalue weighted by Crippen LogP contribution is -2.51. The van der Waals surface area contributed by atoms with E-state index in [9.17, 15) is 9.59 Å². The average molecular weight is 282 g/mol. The van der Waals surface area contributed by atoms with Gasteiger partial charge < -0.3 is 14.9 Å². The van der Waals surface area contributed by atoms with Gasteiger partial charge in [0.15, 0.2) is 0 Å². The Hall–Kier alpha value is -1.85. The molecule has 0 bridgehead atoms. The van der Waals surface area contributed by atoms with Crippen molar-refractivity contribution in [3.05, 3.63) is 17.5 Å². The number of rotatable bonds is 6. The monoisotopic (exact) mass is 282 g/mol. The van der Waals surface area contributed by atoms with Gasteiger partial charge in [-0.15, -0.1) is 0 Å². The first-order chi connectivity index (χ1) is 9.15. The van der Waals surface area contributed by atoms with Crippen molar-refractivity contribution in [1.82, 2.24) is 10.5 Å². The molecular weight excluding hydrogens is 260 g/mol. The minimum atomic E-state index is -0.957. The van der Waals surface area contributed by atoms with E-state index in [2.05, 4.69) is 10.5 Å². The Bertz CT molecular complexity index is 493. The smallest absolute Gasteiger partial charge is 0.305 e. The van der Waals surface area contributed by atoms with Crippen LogP contribution in [0.5, 0.6) is 0 Å². The number of nitrogens with zero attached hydrogens (tertiary/aromatic N) is 1. The third-order valence-corrected chi connectivity index (χ3v) is 3.54. The number of amides is 1. The van der Waals surface area contributed by atoms with Crippen LogP contribution >= 0.6 is 0 Å². The molecule has 1 unspecified atom stereocenters. The number of nitrogens with one attached hydrogen (secondary N) is 1. The van der Waals surface area contributed by atoms with Gasteiger partial charge in [0.25, 0.3) is 5.91 Å². The van der Waals surface area contributed by atoms with Gasteiger partial charge in [-0.1, -0.05) is 32.9 Å². The second-order valence-corrected chi connectivity index (χ2v) is 5.87. The third kappa shape index (κ3) is 3.82. The van der Waals surface area contributed by atoms with Crippen LogP contribution in [0.15, 0.2) is 10.6 Å². The van der Waals surface area contributed by atoms with Crippen molar-refractivity contribution >= 4 is 11.9 Å². The summed E-state index contributed by atoms with van der Waals surface area (Å²) in [6.45, 7) is 9.33. The predicted octanol–water partition coefficient (Wildman–Crippen LogP) is 2.42. The van der Waals surface area contributed by atoms with Gasteiger partial charge in [0.1, 0.15) is 0 Å². The Morgan fingerprint density at radius 1 is 1.40 bits per heavy atom. The van der Waals surface area contributed by atoms with Crippen LogP contribution in [0, 0.1) is 5.92 Å². The molecule has 1 atom stereocenters. The molecule has 0 aliphatic rings. The summed E-state index contributed by atoms with van der Waals surface area (Å²) in [5, 5.41) is 15.5. The first kappa shape index (κ1) is 16.2. The van der Waals surface area contributed by atoms with Crippen molar-refractivity contribution in [3.63, 3.8) is 0 Å². The Kier molecular flexibility index (Phi) is 4.92. The molecule has 1 heterocycles. The summed E-state index contributed by atoms with van der Waals surface area (Å²) >= 11 is 0. The zero-order valence-corrected chi connectivity index (χ0v) is 12.6. The van der Waals surface area contributed by atoms with Crippen molar-refractivity contribution in [2.24, 2.45) is 5.92 Å². The normalized spacial score (nSPS) is 14.3. The van der Waals surface area contributed by atoms with E-state index in [1.54, 1.807) is 13.0 Å². The summed E-state index contributed by atoms with van der Waals surface area (Å²) in [4.78, 5) is 23.1. The van der Waals surface area contributed by atoms with E-state index < -0.39 is 17.4 Å². The standard InChI is InChI=1S/C14H22N2O4/c1-8(2)10-6-11(20-16-10)13(19)15-14(5,9(3)4)7-12(17)18/h6,8-9H,7H2,1-5H3,(H,15,19)(H,17,18). The minimum Gasteiger partial charge on any atom is -0.481 e. The molecule has 6 heteroatoms. The minimum absolute atomic E-state index is 0.0324. The topological polar surface area (TPSA) is 92.4 Å². The summed E-state index contributed by atoms with van der Waals surface area (Å²) in [6, 6.07) is 1.58. The van der Waals surface area contributed by atoms with E-state index in [-0.39, 0.29) is 24.0 Å². The first-order valence-electron chi connectivity index (χ1n) is 6.66. The molecule has 0 saturated heterocycles. The van der Waals surface area contributed by atoms with E-state index in [4.69, 9.17) is 9.63 Å². The summed E-state index contributed by atoms with van der Waals surface area (Å²) in [7, 11) is 0. The Labute approximate surface area is 118 Å². The van der Waals surface area contributed by atoms with Gasteiger partial charge in [-0.2, -0.15) is 0 Å². The molecule has 0 radical (unpaired) electrons. The number of carboxylic acid groups (broad SMARTS) is 1. The Morgan fingerprint density at radius 2 is 2.00 bits per heavy atom. The zero-order chi connectivity index (χ0) is 15.5. The van der Waals surface area contributed by atoms with Crippen molar-refractivity contribution < 1.29 is 19.2 Å². The number of carbonyl (C=O) groups excluding carboxylic acids is 1. The fourth-order valence-corrected chi connectivity index (χ4v) is 1.70. The highest BCUT2D eigenvalue weighted by atomic mass is 16.5. The largest absolute Gasteiger partial charge is 0.481 e. The molecule has 112 valence electrons. The van der Waals surface area contributed by atoms with E-state index in [1.807, 2.05) is 27.7 Å². The van der Waals surface area contributed by atoms with Crippen molar-refractivity contribution in [2.75, 3.05) is 0 Å². The van der Waals surface area contributed by atoms with E-state index in [0.717, 1.165) is 0 Å². The average Bonchev–Trinajstić information content (AvgIpc) is 2.76. The van der Waals surface area contributed by atoms with Gasteiger partial charge >= 0.3 is 5.97 Å². The molecule has 0 aliphatic carbocycles. The molecule has 0 fully saturated rings. The summed E-state index contributed by atoms with van der Waals surface area (Å²) in [5.74, 6) is -1.17. The van der Waals surface area contributed by atoms with Crippen LogP contribution in [-0.2, 0) is 4.79 Å². The molecule has 20 heavy (non-hydrogen) atoms. The Morgan fingerprint density at radius 3 is 2.40 bits per heavy atom. The summed E-state index contributed by atoms with van der Waals surface area (Å²) in [6.07, 6.45) is -0.151. The second kappa shape index (κ2) is 6.07. The van der Waals surface area contributed by atoms with Gasteiger partial charge in [-0.3, -0.25) is 9.59 Å². The van der Waals surface area contributed by atoms with Crippen molar-refractivity contribution in [3.8, 4) is 0 Å². The Balaban J connectivity index is 2.87. The third-order valence-electron chi connectivity index (χ3n) is 3.54. The van der Waals surface area contributed by atoms with Crippen molar-refractivity contribution in [1.29, 1.82) is 0 Å². The predicted molar refractivity (Wildman–Crippen MR) is 73.6 cm³/mol. The number of hydrogen-bond donors (Lipinski definition) is 2. The molecular formula is C14H22N2O4. The highest BCUT2D eigenvalue weighted by Crippen LogP contribution is 2.22. The zero-order valence-electron chi connectivity index (χ0n) is 12.6. The highest BCUT2D eigenvalue weighted by Gasteiger charge is 2.34. The summed E-state index contributed by atoms with van der Waals surface area (Å²) < 4.78 is 5.01. The van der Waals surface area contributed by atoms with E-state index in [0.29, 0.717) is 5.69 Å². The molecule has 0 aliphatic heterocycles. The van der Waals surface area contributed by atoms with E-state index >= 15 is 0 Å². The van der Waals surface area contributed by atoms with Crippen LogP contribution in [0.2, 0.25) is 0 Å². The fraction of sp³-hybridized carbons (Fsp3) is 0.643. The van der Waals surface area contributed by atoms with Gasteiger partial charge in [0, 0.05) is 6.07 Å².